The third-order valence-corrected chi connectivity index (χ3v) is 6.60. The van der Waals surface area contributed by atoms with Gasteiger partial charge in [-0.25, -0.2) is 4.79 Å². The van der Waals surface area contributed by atoms with E-state index in [4.69, 9.17) is 14.2 Å². The van der Waals surface area contributed by atoms with E-state index in [1.54, 1.807) is 0 Å². The van der Waals surface area contributed by atoms with Crippen LogP contribution in [0.2, 0.25) is 0 Å². The van der Waals surface area contributed by atoms with Crippen molar-refractivity contribution in [1.29, 1.82) is 0 Å². The van der Waals surface area contributed by atoms with Gasteiger partial charge in [0.15, 0.2) is 17.3 Å². The maximum absolute atomic E-state index is 13.6. The number of dihydropyridines is 1. The minimum absolute atomic E-state index is 0.0481. The van der Waals surface area contributed by atoms with E-state index in [0.717, 1.165) is 22.5 Å². The minimum atomic E-state index is -0.519. The van der Waals surface area contributed by atoms with Crippen molar-refractivity contribution in [2.45, 2.75) is 45.4 Å². The standard InChI is InChI=1S/C28H29NO5/c1-16(2)14-32-28(31)25-17(3)29-21-11-20(18-7-5-4-6-8-18)12-22(30)27(21)26(25)19-9-10-23-24(13-19)34-15-33-23/h4-10,13,16,20,26,29H,11-12,14-15H2,1-3H3/t20-,26+/m0/s1. The molecule has 2 heterocycles. The van der Waals surface area contributed by atoms with Gasteiger partial charge in [0.05, 0.1) is 12.2 Å². The lowest BCUT2D eigenvalue weighted by Gasteiger charge is -2.36. The van der Waals surface area contributed by atoms with Crippen molar-refractivity contribution in [2.24, 2.45) is 5.92 Å². The first kappa shape index (κ1) is 22.3. The number of nitrogens with one attached hydrogen (secondary N) is 1. The van der Waals surface area contributed by atoms with Crippen molar-refractivity contribution in [3.63, 3.8) is 0 Å². The highest BCUT2D eigenvalue weighted by atomic mass is 16.7. The van der Waals surface area contributed by atoms with E-state index in [0.29, 0.717) is 42.1 Å². The van der Waals surface area contributed by atoms with Crippen LogP contribution in [0, 0.1) is 5.92 Å². The predicted octanol–water partition coefficient (Wildman–Crippen LogP) is 4.98. The summed E-state index contributed by atoms with van der Waals surface area (Å²) < 4.78 is 16.7. The van der Waals surface area contributed by atoms with Gasteiger partial charge in [-0.1, -0.05) is 50.2 Å². The molecule has 0 radical (unpaired) electrons. The van der Waals surface area contributed by atoms with Gasteiger partial charge in [0.25, 0.3) is 0 Å². The quantitative estimate of drug-likeness (QED) is 0.636. The molecule has 0 amide bonds. The average Bonchev–Trinajstić information content (AvgIpc) is 3.30. The fourth-order valence-electron chi connectivity index (χ4n) is 5.02. The molecular formula is C28H29NO5. The summed E-state index contributed by atoms with van der Waals surface area (Å²) in [5.41, 5.74) is 4.69. The largest absolute Gasteiger partial charge is 0.462 e. The number of ether oxygens (including phenoxy) is 3. The smallest absolute Gasteiger partial charge is 0.336 e. The summed E-state index contributed by atoms with van der Waals surface area (Å²) in [5.74, 6) is 0.724. The molecule has 0 unspecified atom stereocenters. The second-order valence-corrected chi connectivity index (χ2v) is 9.53. The Kier molecular flexibility index (Phi) is 5.90. The van der Waals surface area contributed by atoms with Gasteiger partial charge in [-0.3, -0.25) is 4.79 Å². The molecule has 5 rings (SSSR count). The van der Waals surface area contributed by atoms with Crippen LogP contribution in [-0.2, 0) is 14.3 Å². The van der Waals surface area contributed by atoms with Gasteiger partial charge < -0.3 is 19.5 Å². The van der Waals surface area contributed by atoms with E-state index in [-0.39, 0.29) is 24.4 Å². The molecule has 1 N–H and O–H groups in total. The van der Waals surface area contributed by atoms with Gasteiger partial charge in [-0.05, 0) is 48.4 Å². The van der Waals surface area contributed by atoms with E-state index in [2.05, 4.69) is 17.4 Å². The van der Waals surface area contributed by atoms with Gasteiger partial charge in [-0.2, -0.15) is 0 Å². The Morgan fingerprint density at radius 1 is 1.06 bits per heavy atom. The van der Waals surface area contributed by atoms with Crippen molar-refractivity contribution >= 4 is 11.8 Å². The first-order valence-corrected chi connectivity index (χ1v) is 11.8. The van der Waals surface area contributed by atoms with E-state index in [1.807, 2.05) is 57.2 Å². The molecule has 176 valence electrons. The molecule has 6 heteroatoms. The number of rotatable bonds is 5. The number of carbonyl (C=O) groups is 2. The number of allylic oxidation sites excluding steroid dienone is 3. The number of carbonyl (C=O) groups excluding carboxylic acids is 2. The minimum Gasteiger partial charge on any atom is -0.462 e. The second-order valence-electron chi connectivity index (χ2n) is 9.53. The monoisotopic (exact) mass is 459 g/mol. The molecule has 34 heavy (non-hydrogen) atoms. The van der Waals surface area contributed by atoms with E-state index < -0.39 is 11.9 Å². The fraction of sp³-hybridized carbons (Fsp3) is 0.357. The van der Waals surface area contributed by atoms with Crippen LogP contribution in [0.3, 0.4) is 0 Å². The second kappa shape index (κ2) is 9.01. The highest BCUT2D eigenvalue weighted by molar-refractivity contribution is 6.04. The third kappa shape index (κ3) is 4.09. The number of ketones is 1. The van der Waals surface area contributed by atoms with Crippen LogP contribution in [0.25, 0.3) is 0 Å². The van der Waals surface area contributed by atoms with Gasteiger partial charge in [0.2, 0.25) is 6.79 Å². The van der Waals surface area contributed by atoms with Crippen LogP contribution in [0.4, 0.5) is 0 Å². The summed E-state index contributed by atoms with van der Waals surface area (Å²) in [5, 5.41) is 3.40. The number of hydrogen-bond acceptors (Lipinski definition) is 6. The zero-order valence-corrected chi connectivity index (χ0v) is 19.7. The zero-order chi connectivity index (χ0) is 23.8. The molecule has 2 aromatic carbocycles. The molecular weight excluding hydrogens is 430 g/mol. The fourth-order valence-corrected chi connectivity index (χ4v) is 5.02. The Hall–Kier alpha value is -3.54. The van der Waals surface area contributed by atoms with Crippen LogP contribution in [0.1, 0.15) is 56.6 Å². The summed E-state index contributed by atoms with van der Waals surface area (Å²) in [6, 6.07) is 15.7. The molecule has 2 aromatic rings. The SMILES string of the molecule is CC1=C(C(=O)OCC(C)C)[C@@H](c2ccc3c(c2)OCO3)C2=C(C[C@H](c3ccccc3)CC2=O)N1. The van der Waals surface area contributed by atoms with Crippen LogP contribution >= 0.6 is 0 Å². The highest BCUT2D eigenvalue weighted by Crippen LogP contribution is 2.47. The van der Waals surface area contributed by atoms with Crippen LogP contribution in [0.15, 0.2) is 71.1 Å². The normalized spacial score (nSPS) is 21.5. The molecule has 0 aromatic heterocycles. The number of esters is 1. The van der Waals surface area contributed by atoms with Crippen molar-refractivity contribution in [3.8, 4) is 11.5 Å². The predicted molar refractivity (Wildman–Crippen MR) is 127 cm³/mol. The highest BCUT2D eigenvalue weighted by Gasteiger charge is 2.41. The van der Waals surface area contributed by atoms with Crippen LogP contribution in [-0.4, -0.2) is 25.2 Å². The molecule has 2 atom stereocenters. The van der Waals surface area contributed by atoms with Gasteiger partial charge in [-0.15, -0.1) is 0 Å². The maximum atomic E-state index is 13.6. The van der Waals surface area contributed by atoms with Gasteiger partial charge in [0.1, 0.15) is 0 Å². The van der Waals surface area contributed by atoms with Crippen molar-refractivity contribution in [2.75, 3.05) is 13.4 Å². The first-order valence-electron chi connectivity index (χ1n) is 11.8. The van der Waals surface area contributed by atoms with Crippen LogP contribution < -0.4 is 14.8 Å². The van der Waals surface area contributed by atoms with Gasteiger partial charge in [0, 0.05) is 29.3 Å². The third-order valence-electron chi connectivity index (χ3n) is 6.60. The summed E-state index contributed by atoms with van der Waals surface area (Å²) in [4.78, 5) is 26.9. The number of Topliss-reactive ketones (excluding diaryl/α,β-unsaturated/α-hetero) is 1. The summed E-state index contributed by atoms with van der Waals surface area (Å²) in [7, 11) is 0. The Bertz CT molecular complexity index is 1190. The van der Waals surface area contributed by atoms with E-state index in [1.165, 1.54) is 0 Å². The summed E-state index contributed by atoms with van der Waals surface area (Å²) in [6.07, 6.45) is 1.11. The Labute approximate surface area is 199 Å². The number of fused-ring (bicyclic) bond motifs is 1. The molecule has 0 saturated heterocycles. The molecule has 6 nitrogen and oxygen atoms in total. The Morgan fingerprint density at radius 3 is 2.59 bits per heavy atom. The van der Waals surface area contributed by atoms with Gasteiger partial charge >= 0.3 is 5.97 Å². The molecule has 2 aliphatic heterocycles. The van der Waals surface area contributed by atoms with Crippen LogP contribution in [0.5, 0.6) is 11.5 Å². The maximum Gasteiger partial charge on any atom is 0.336 e. The lowest BCUT2D eigenvalue weighted by atomic mass is 9.71. The van der Waals surface area contributed by atoms with Crippen molar-refractivity contribution in [3.05, 3.63) is 82.2 Å². The van der Waals surface area contributed by atoms with E-state index in [9.17, 15) is 9.59 Å². The Balaban J connectivity index is 1.57. The molecule has 0 fully saturated rings. The molecule has 0 spiro atoms. The molecule has 0 bridgehead atoms. The molecule has 1 aliphatic carbocycles. The summed E-state index contributed by atoms with van der Waals surface area (Å²) in [6.45, 7) is 6.36. The Morgan fingerprint density at radius 2 is 1.82 bits per heavy atom. The molecule has 0 saturated carbocycles. The first-order chi connectivity index (χ1) is 16.4. The van der Waals surface area contributed by atoms with E-state index >= 15 is 0 Å². The number of benzene rings is 2. The lowest BCUT2D eigenvalue weighted by molar-refractivity contribution is -0.140. The van der Waals surface area contributed by atoms with Crippen molar-refractivity contribution < 1.29 is 23.8 Å². The molecule has 3 aliphatic rings. The lowest BCUT2D eigenvalue weighted by Crippen LogP contribution is -2.36. The summed E-state index contributed by atoms with van der Waals surface area (Å²) >= 11 is 0. The number of hydrogen-bond donors (Lipinski definition) is 1. The average molecular weight is 460 g/mol. The van der Waals surface area contributed by atoms with Crippen molar-refractivity contribution in [1.82, 2.24) is 5.32 Å². The topological polar surface area (TPSA) is 73.9 Å². The zero-order valence-electron chi connectivity index (χ0n) is 19.7.